The van der Waals surface area contributed by atoms with Gasteiger partial charge in [-0.05, 0) is 5.56 Å². The maximum Gasteiger partial charge on any atom is 0.316 e. The smallest absolute Gasteiger partial charge is 0.316 e. The molecule has 0 bridgehead atoms. The molecule has 5 nitrogen and oxygen atoms in total. The van der Waals surface area contributed by atoms with Gasteiger partial charge in [0.1, 0.15) is 6.61 Å². The molecule has 0 saturated heterocycles. The molecule has 1 aromatic carbocycles. The van der Waals surface area contributed by atoms with Gasteiger partial charge in [0.2, 0.25) is 5.13 Å². The number of esters is 1. The Morgan fingerprint density at radius 2 is 2.16 bits per heavy atom. The van der Waals surface area contributed by atoms with E-state index in [2.05, 4.69) is 15.5 Å². The third kappa shape index (κ3) is 4.53. The van der Waals surface area contributed by atoms with Crippen LogP contribution in [0.15, 0.2) is 34.7 Å². The summed E-state index contributed by atoms with van der Waals surface area (Å²) in [4.78, 5) is 11.6. The van der Waals surface area contributed by atoms with Gasteiger partial charge in [0.05, 0.1) is 5.75 Å². The van der Waals surface area contributed by atoms with Gasteiger partial charge in [0.15, 0.2) is 4.34 Å². The standard InChI is InChI=1S/C12H13N3O2S2/c1-13-11-14-15-12(19-11)18-8-10(16)17-7-9-5-3-2-4-6-9/h2-6H,7-8H2,1H3,(H,13,14). The first-order valence-corrected chi connectivity index (χ1v) is 7.42. The number of nitrogens with zero attached hydrogens (tertiary/aromatic N) is 2. The minimum absolute atomic E-state index is 0.241. The molecule has 2 aromatic rings. The van der Waals surface area contributed by atoms with Crippen LogP contribution in [0.3, 0.4) is 0 Å². The molecule has 2 rings (SSSR count). The lowest BCUT2D eigenvalue weighted by Gasteiger charge is -2.03. The molecule has 1 heterocycles. The second kappa shape index (κ2) is 7.10. The molecule has 0 radical (unpaired) electrons. The third-order valence-electron chi connectivity index (χ3n) is 2.18. The fraction of sp³-hybridized carbons (Fsp3) is 0.250. The number of hydrogen-bond donors (Lipinski definition) is 1. The number of benzene rings is 1. The summed E-state index contributed by atoms with van der Waals surface area (Å²) >= 11 is 2.74. The highest BCUT2D eigenvalue weighted by atomic mass is 32.2. The summed E-state index contributed by atoms with van der Waals surface area (Å²) in [6.07, 6.45) is 0. The molecule has 0 fully saturated rings. The number of rotatable bonds is 6. The largest absolute Gasteiger partial charge is 0.460 e. The molecule has 0 atom stereocenters. The third-order valence-corrected chi connectivity index (χ3v) is 4.22. The van der Waals surface area contributed by atoms with Crippen LogP contribution in [0.2, 0.25) is 0 Å². The number of hydrogen-bond acceptors (Lipinski definition) is 7. The number of thioether (sulfide) groups is 1. The second-order valence-electron chi connectivity index (χ2n) is 3.56. The molecule has 0 aliphatic rings. The maximum absolute atomic E-state index is 11.6. The van der Waals surface area contributed by atoms with Crippen LogP contribution in [0.5, 0.6) is 0 Å². The number of carbonyl (C=O) groups is 1. The van der Waals surface area contributed by atoms with Crippen LogP contribution in [0.4, 0.5) is 5.13 Å². The van der Waals surface area contributed by atoms with E-state index in [1.165, 1.54) is 23.1 Å². The van der Waals surface area contributed by atoms with Gasteiger partial charge in [-0.25, -0.2) is 0 Å². The first kappa shape index (κ1) is 13.8. The van der Waals surface area contributed by atoms with E-state index in [0.29, 0.717) is 6.61 Å². The predicted molar refractivity (Wildman–Crippen MR) is 76.4 cm³/mol. The highest BCUT2D eigenvalue weighted by molar-refractivity contribution is 8.01. The molecule has 0 aliphatic carbocycles. The molecular weight excluding hydrogens is 282 g/mol. The lowest BCUT2D eigenvalue weighted by atomic mass is 10.2. The van der Waals surface area contributed by atoms with Crippen molar-refractivity contribution in [2.24, 2.45) is 0 Å². The normalized spacial score (nSPS) is 10.2. The quantitative estimate of drug-likeness (QED) is 0.652. The number of ether oxygens (including phenoxy) is 1. The molecular formula is C12H13N3O2S2. The van der Waals surface area contributed by atoms with E-state index in [1.54, 1.807) is 7.05 Å². The van der Waals surface area contributed by atoms with E-state index >= 15 is 0 Å². The number of aromatic nitrogens is 2. The van der Waals surface area contributed by atoms with E-state index in [1.807, 2.05) is 30.3 Å². The van der Waals surface area contributed by atoms with E-state index in [-0.39, 0.29) is 11.7 Å². The molecule has 0 amide bonds. The van der Waals surface area contributed by atoms with E-state index in [9.17, 15) is 4.79 Å². The summed E-state index contributed by atoms with van der Waals surface area (Å²) in [7, 11) is 1.78. The average Bonchev–Trinajstić information content (AvgIpc) is 2.92. The van der Waals surface area contributed by atoms with Crippen molar-refractivity contribution in [2.75, 3.05) is 18.1 Å². The van der Waals surface area contributed by atoms with Crippen LogP contribution < -0.4 is 5.32 Å². The first-order valence-electron chi connectivity index (χ1n) is 5.61. The Morgan fingerprint density at radius 1 is 1.37 bits per heavy atom. The number of carbonyl (C=O) groups excluding carboxylic acids is 1. The van der Waals surface area contributed by atoms with Crippen molar-refractivity contribution in [1.82, 2.24) is 10.2 Å². The summed E-state index contributed by atoms with van der Waals surface area (Å²) in [6, 6.07) is 9.60. The van der Waals surface area contributed by atoms with E-state index in [0.717, 1.165) is 15.0 Å². The van der Waals surface area contributed by atoms with Crippen LogP contribution in [0.25, 0.3) is 0 Å². The van der Waals surface area contributed by atoms with Crippen LogP contribution in [0, 0.1) is 0 Å². The lowest BCUT2D eigenvalue weighted by Crippen LogP contribution is -2.07. The Morgan fingerprint density at radius 3 is 2.84 bits per heavy atom. The van der Waals surface area contributed by atoms with Crippen molar-refractivity contribution in [3.8, 4) is 0 Å². The van der Waals surface area contributed by atoms with Gasteiger partial charge >= 0.3 is 5.97 Å². The van der Waals surface area contributed by atoms with Crippen LogP contribution in [-0.2, 0) is 16.1 Å². The zero-order chi connectivity index (χ0) is 13.5. The summed E-state index contributed by atoms with van der Waals surface area (Å²) in [5.41, 5.74) is 0.981. The Hall–Kier alpha value is -1.60. The topological polar surface area (TPSA) is 64.1 Å². The number of nitrogens with one attached hydrogen (secondary N) is 1. The van der Waals surface area contributed by atoms with Gasteiger partial charge in [-0.15, -0.1) is 10.2 Å². The molecule has 7 heteroatoms. The minimum Gasteiger partial charge on any atom is -0.460 e. The first-order chi connectivity index (χ1) is 9.28. The zero-order valence-corrected chi connectivity index (χ0v) is 12.0. The maximum atomic E-state index is 11.6. The van der Waals surface area contributed by atoms with E-state index in [4.69, 9.17) is 4.74 Å². The van der Waals surface area contributed by atoms with Gasteiger partial charge in [-0.1, -0.05) is 53.4 Å². The number of anilines is 1. The fourth-order valence-electron chi connectivity index (χ4n) is 1.27. The predicted octanol–water partition coefficient (Wildman–Crippen LogP) is 2.42. The molecule has 1 aromatic heterocycles. The minimum atomic E-state index is -0.255. The lowest BCUT2D eigenvalue weighted by molar-refractivity contribution is -0.141. The Bertz CT molecular complexity index is 531. The van der Waals surface area contributed by atoms with Gasteiger partial charge in [0.25, 0.3) is 0 Å². The van der Waals surface area contributed by atoms with Crippen LogP contribution in [0.1, 0.15) is 5.56 Å². The van der Waals surface area contributed by atoms with Crippen molar-refractivity contribution in [2.45, 2.75) is 10.9 Å². The summed E-state index contributed by atoms with van der Waals surface area (Å²) < 4.78 is 5.91. The molecule has 0 spiro atoms. The van der Waals surface area contributed by atoms with E-state index < -0.39 is 0 Å². The average molecular weight is 295 g/mol. The van der Waals surface area contributed by atoms with Gasteiger partial charge < -0.3 is 10.1 Å². The van der Waals surface area contributed by atoms with Crippen molar-refractivity contribution >= 4 is 34.2 Å². The SMILES string of the molecule is CNc1nnc(SCC(=O)OCc2ccccc2)s1. The summed E-state index contributed by atoms with van der Waals surface area (Å²) in [5.74, 6) is -0.0133. The van der Waals surface area contributed by atoms with Crippen LogP contribution >= 0.6 is 23.1 Å². The van der Waals surface area contributed by atoms with Crippen molar-refractivity contribution < 1.29 is 9.53 Å². The Labute approximate surface area is 119 Å². The van der Waals surface area contributed by atoms with Gasteiger partial charge in [-0.3, -0.25) is 4.79 Å². The van der Waals surface area contributed by atoms with Gasteiger partial charge in [0, 0.05) is 7.05 Å². The molecule has 1 N–H and O–H groups in total. The fourth-order valence-corrected chi connectivity index (χ4v) is 2.77. The Kier molecular flexibility index (Phi) is 5.17. The van der Waals surface area contributed by atoms with Crippen molar-refractivity contribution in [3.05, 3.63) is 35.9 Å². The van der Waals surface area contributed by atoms with Crippen molar-refractivity contribution in [1.29, 1.82) is 0 Å². The summed E-state index contributed by atoms with van der Waals surface area (Å²) in [5, 5.41) is 11.5. The van der Waals surface area contributed by atoms with Crippen LogP contribution in [-0.4, -0.2) is 29.0 Å². The van der Waals surface area contributed by atoms with Gasteiger partial charge in [-0.2, -0.15) is 0 Å². The Balaban J connectivity index is 1.73. The molecule has 0 unspecified atom stereocenters. The molecule has 19 heavy (non-hydrogen) atoms. The second-order valence-corrected chi connectivity index (χ2v) is 5.76. The highest BCUT2D eigenvalue weighted by Gasteiger charge is 2.08. The highest BCUT2D eigenvalue weighted by Crippen LogP contribution is 2.24. The molecule has 100 valence electrons. The van der Waals surface area contributed by atoms with Crippen molar-refractivity contribution in [3.63, 3.8) is 0 Å². The molecule has 0 aliphatic heterocycles. The monoisotopic (exact) mass is 295 g/mol. The molecule has 0 saturated carbocycles. The zero-order valence-electron chi connectivity index (χ0n) is 10.3. The summed E-state index contributed by atoms with van der Waals surface area (Å²) in [6.45, 7) is 0.304.